The highest BCUT2D eigenvalue weighted by Crippen LogP contribution is 2.59. The molecular formula is C40H30O2. The zero-order valence-electron chi connectivity index (χ0n) is 24.2. The summed E-state index contributed by atoms with van der Waals surface area (Å²) in [4.78, 5) is 0. The summed E-state index contributed by atoms with van der Waals surface area (Å²) in [6.45, 7) is 9.32. The molecule has 0 saturated heterocycles. The first-order valence-corrected chi connectivity index (χ1v) is 14.8. The second kappa shape index (κ2) is 7.92. The molecule has 0 amide bonds. The molecule has 2 heteroatoms. The lowest BCUT2D eigenvalue weighted by molar-refractivity contribution is 0.617. The van der Waals surface area contributed by atoms with Crippen molar-refractivity contribution in [1.29, 1.82) is 0 Å². The van der Waals surface area contributed by atoms with E-state index in [1.54, 1.807) is 0 Å². The standard InChI is InChI=1S/C40H30O2/c1-39(2)31-21-30-32(22-29(31)37-35(39)27-17-15-25(19-33(27)41-37)23-11-7-5-8-12-23)40(3,4)36-28-18-16-26(20-34(28)42-38(30)36)24-13-9-6-10-14-24/h5-22H,1-4H3. The van der Waals surface area contributed by atoms with Crippen molar-refractivity contribution in [3.8, 4) is 44.9 Å². The average Bonchev–Trinajstić information content (AvgIpc) is 3.70. The summed E-state index contributed by atoms with van der Waals surface area (Å²) < 4.78 is 13.4. The van der Waals surface area contributed by atoms with E-state index in [2.05, 4.69) is 137 Å². The van der Waals surface area contributed by atoms with Gasteiger partial charge in [-0.25, -0.2) is 0 Å². The van der Waals surface area contributed by atoms with E-state index in [0.717, 1.165) is 22.7 Å². The van der Waals surface area contributed by atoms with Gasteiger partial charge in [-0.1, -0.05) is 113 Å². The van der Waals surface area contributed by atoms with E-state index in [1.165, 1.54) is 66.4 Å². The number of furan rings is 2. The second-order valence-corrected chi connectivity index (χ2v) is 13.0. The number of fused-ring (bicyclic) bond motifs is 10. The quantitative estimate of drug-likeness (QED) is 0.217. The molecule has 0 bridgehead atoms. The van der Waals surface area contributed by atoms with E-state index in [1.807, 2.05) is 0 Å². The third-order valence-electron chi connectivity index (χ3n) is 9.84. The Morgan fingerprint density at radius 3 is 1.24 bits per heavy atom. The maximum atomic E-state index is 6.72. The molecule has 2 heterocycles. The van der Waals surface area contributed by atoms with E-state index in [-0.39, 0.29) is 10.8 Å². The molecule has 9 rings (SSSR count). The zero-order valence-corrected chi connectivity index (χ0v) is 24.2. The van der Waals surface area contributed by atoms with Crippen LogP contribution < -0.4 is 0 Å². The lowest BCUT2D eigenvalue weighted by Crippen LogP contribution is -2.17. The van der Waals surface area contributed by atoms with E-state index < -0.39 is 0 Å². The fourth-order valence-electron chi connectivity index (χ4n) is 7.71. The van der Waals surface area contributed by atoms with Crippen LogP contribution in [0.4, 0.5) is 0 Å². The molecule has 0 unspecified atom stereocenters. The topological polar surface area (TPSA) is 26.3 Å². The van der Waals surface area contributed by atoms with Crippen LogP contribution in [-0.2, 0) is 10.8 Å². The Morgan fingerprint density at radius 2 is 0.833 bits per heavy atom. The number of benzene rings is 5. The maximum absolute atomic E-state index is 6.72. The zero-order chi connectivity index (χ0) is 28.4. The molecule has 2 aliphatic rings. The summed E-state index contributed by atoms with van der Waals surface area (Å²) >= 11 is 0. The van der Waals surface area contributed by atoms with Gasteiger partial charge in [0.1, 0.15) is 22.7 Å². The molecule has 0 spiro atoms. The minimum absolute atomic E-state index is 0.196. The van der Waals surface area contributed by atoms with E-state index in [9.17, 15) is 0 Å². The Bertz CT molecular complexity index is 2060. The highest BCUT2D eigenvalue weighted by atomic mass is 16.3. The molecule has 0 radical (unpaired) electrons. The van der Waals surface area contributed by atoms with Crippen LogP contribution >= 0.6 is 0 Å². The largest absolute Gasteiger partial charge is 0.456 e. The SMILES string of the molecule is CC1(C)c2cc3c(cc2-c2oc4cc(-c5ccccc5)ccc4c21)C(C)(C)c1c-3oc2cc(-c3ccccc3)ccc12. The molecule has 2 aliphatic carbocycles. The Labute approximate surface area is 245 Å². The van der Waals surface area contributed by atoms with Crippen LogP contribution in [0.1, 0.15) is 49.9 Å². The number of hydrogen-bond acceptors (Lipinski definition) is 2. The predicted octanol–water partition coefficient (Wildman–Crippen LogP) is 11.1. The van der Waals surface area contributed by atoms with Gasteiger partial charge >= 0.3 is 0 Å². The number of rotatable bonds is 2. The number of hydrogen-bond donors (Lipinski definition) is 0. The van der Waals surface area contributed by atoms with Gasteiger partial charge in [-0.15, -0.1) is 0 Å². The predicted molar refractivity (Wildman–Crippen MR) is 172 cm³/mol. The lowest BCUT2D eigenvalue weighted by atomic mass is 9.78. The third kappa shape index (κ3) is 2.99. The Kier molecular flexibility index (Phi) is 4.50. The minimum atomic E-state index is -0.196. The van der Waals surface area contributed by atoms with Crippen molar-refractivity contribution in [2.75, 3.05) is 0 Å². The van der Waals surface area contributed by atoms with Gasteiger partial charge in [-0.05, 0) is 57.6 Å². The van der Waals surface area contributed by atoms with Gasteiger partial charge < -0.3 is 8.83 Å². The lowest BCUT2D eigenvalue weighted by Gasteiger charge is -2.24. The van der Waals surface area contributed by atoms with Gasteiger partial charge in [0, 0.05) is 43.9 Å². The van der Waals surface area contributed by atoms with Crippen LogP contribution in [0.15, 0.2) is 118 Å². The van der Waals surface area contributed by atoms with Crippen LogP contribution in [0.3, 0.4) is 0 Å². The first kappa shape index (κ1) is 23.8. The first-order valence-electron chi connectivity index (χ1n) is 14.8. The summed E-state index contributed by atoms with van der Waals surface area (Å²) in [5.41, 5.74) is 13.9. The molecule has 5 aromatic carbocycles. The van der Waals surface area contributed by atoms with E-state index >= 15 is 0 Å². The molecule has 0 fully saturated rings. The molecule has 42 heavy (non-hydrogen) atoms. The van der Waals surface area contributed by atoms with Crippen LogP contribution in [0, 0.1) is 0 Å². The van der Waals surface area contributed by atoms with Crippen molar-refractivity contribution in [3.63, 3.8) is 0 Å². The van der Waals surface area contributed by atoms with Gasteiger partial charge in [0.15, 0.2) is 0 Å². The highest BCUT2D eigenvalue weighted by molar-refractivity contribution is 6.00. The van der Waals surface area contributed by atoms with Gasteiger partial charge in [0.25, 0.3) is 0 Å². The molecular weight excluding hydrogens is 512 g/mol. The average molecular weight is 543 g/mol. The van der Waals surface area contributed by atoms with Gasteiger partial charge in [-0.3, -0.25) is 0 Å². The van der Waals surface area contributed by atoms with Crippen LogP contribution in [0.2, 0.25) is 0 Å². The molecule has 202 valence electrons. The highest BCUT2D eigenvalue weighted by Gasteiger charge is 2.46. The smallest absolute Gasteiger partial charge is 0.139 e. The summed E-state index contributed by atoms with van der Waals surface area (Å²) in [7, 11) is 0. The maximum Gasteiger partial charge on any atom is 0.139 e. The molecule has 2 nitrogen and oxygen atoms in total. The molecule has 0 aliphatic heterocycles. The molecule has 0 atom stereocenters. The Hall–Kier alpha value is -4.82. The van der Waals surface area contributed by atoms with Gasteiger partial charge in [0.2, 0.25) is 0 Å². The van der Waals surface area contributed by atoms with Crippen molar-refractivity contribution < 1.29 is 8.83 Å². The van der Waals surface area contributed by atoms with E-state index in [0.29, 0.717) is 0 Å². The summed E-state index contributed by atoms with van der Waals surface area (Å²) in [6, 6.07) is 39.1. The van der Waals surface area contributed by atoms with Crippen molar-refractivity contribution in [3.05, 3.63) is 131 Å². The van der Waals surface area contributed by atoms with Gasteiger partial charge in [0.05, 0.1) is 0 Å². The minimum Gasteiger partial charge on any atom is -0.456 e. The second-order valence-electron chi connectivity index (χ2n) is 13.0. The summed E-state index contributed by atoms with van der Waals surface area (Å²) in [6.07, 6.45) is 0. The van der Waals surface area contributed by atoms with Crippen molar-refractivity contribution in [1.82, 2.24) is 0 Å². The van der Waals surface area contributed by atoms with Crippen molar-refractivity contribution >= 4 is 21.9 Å². The monoisotopic (exact) mass is 542 g/mol. The van der Waals surface area contributed by atoms with E-state index in [4.69, 9.17) is 8.83 Å². The fourth-order valence-corrected chi connectivity index (χ4v) is 7.71. The van der Waals surface area contributed by atoms with Crippen molar-refractivity contribution in [2.45, 2.75) is 38.5 Å². The molecule has 7 aromatic rings. The van der Waals surface area contributed by atoms with Crippen LogP contribution in [-0.4, -0.2) is 0 Å². The van der Waals surface area contributed by atoms with Crippen LogP contribution in [0.25, 0.3) is 66.8 Å². The molecule has 0 N–H and O–H groups in total. The Morgan fingerprint density at radius 1 is 0.429 bits per heavy atom. The molecule has 2 aromatic heterocycles. The van der Waals surface area contributed by atoms with Crippen LogP contribution in [0.5, 0.6) is 0 Å². The normalized spacial score (nSPS) is 15.5. The first-order chi connectivity index (χ1) is 20.3. The summed E-state index contributed by atoms with van der Waals surface area (Å²) in [5, 5.41) is 2.39. The molecule has 0 saturated carbocycles. The Balaban J connectivity index is 1.22. The van der Waals surface area contributed by atoms with Gasteiger partial charge in [-0.2, -0.15) is 0 Å². The fraction of sp³-hybridized carbons (Fsp3) is 0.150. The van der Waals surface area contributed by atoms with Crippen molar-refractivity contribution in [2.24, 2.45) is 0 Å². The third-order valence-corrected chi connectivity index (χ3v) is 9.84. The summed E-state index contributed by atoms with van der Waals surface area (Å²) in [5.74, 6) is 2.02.